The third kappa shape index (κ3) is 2.72. The molecule has 0 aliphatic carbocycles. The third-order valence-corrected chi connectivity index (χ3v) is 3.85. The molecule has 3 rings (SSSR count). The molecule has 0 radical (unpaired) electrons. The number of amides is 1. The SMILES string of the molecule is Cc1ccc(-c2cc(C(=O)N(C)CC#N)c3c(C)noc3n2)cc1. The third-order valence-electron chi connectivity index (χ3n) is 3.85. The molecule has 0 N–H and O–H groups in total. The summed E-state index contributed by atoms with van der Waals surface area (Å²) in [7, 11) is 1.59. The van der Waals surface area contributed by atoms with Crippen molar-refractivity contribution in [3.8, 4) is 17.3 Å². The Balaban J connectivity index is 2.19. The number of benzene rings is 1. The fraction of sp³-hybridized carbons (Fsp3) is 0.222. The lowest BCUT2D eigenvalue weighted by molar-refractivity contribution is 0.0813. The van der Waals surface area contributed by atoms with Crippen LogP contribution >= 0.6 is 0 Å². The van der Waals surface area contributed by atoms with Gasteiger partial charge in [-0.1, -0.05) is 35.0 Å². The molecule has 120 valence electrons. The van der Waals surface area contributed by atoms with E-state index in [1.807, 2.05) is 37.3 Å². The zero-order chi connectivity index (χ0) is 17.3. The molecule has 1 amide bonds. The van der Waals surface area contributed by atoms with Crippen molar-refractivity contribution in [2.75, 3.05) is 13.6 Å². The van der Waals surface area contributed by atoms with Crippen LogP contribution in [0.3, 0.4) is 0 Å². The highest BCUT2D eigenvalue weighted by atomic mass is 16.5. The molecular formula is C18H16N4O2. The van der Waals surface area contributed by atoms with E-state index in [2.05, 4.69) is 10.1 Å². The second-order valence-electron chi connectivity index (χ2n) is 5.69. The number of hydrogen-bond acceptors (Lipinski definition) is 5. The second kappa shape index (κ2) is 6.13. The molecule has 24 heavy (non-hydrogen) atoms. The number of fused-ring (bicyclic) bond motifs is 1. The van der Waals surface area contributed by atoms with Gasteiger partial charge in [-0.15, -0.1) is 0 Å². The largest absolute Gasteiger partial charge is 0.335 e. The van der Waals surface area contributed by atoms with Crippen LogP contribution in [0.15, 0.2) is 34.9 Å². The van der Waals surface area contributed by atoms with Crippen molar-refractivity contribution >= 4 is 17.0 Å². The van der Waals surface area contributed by atoms with Crippen molar-refractivity contribution in [3.05, 3.63) is 47.2 Å². The van der Waals surface area contributed by atoms with E-state index in [1.165, 1.54) is 4.90 Å². The number of aryl methyl sites for hydroxylation is 2. The maximum absolute atomic E-state index is 12.7. The summed E-state index contributed by atoms with van der Waals surface area (Å²) >= 11 is 0. The molecule has 2 heterocycles. The molecule has 0 saturated carbocycles. The van der Waals surface area contributed by atoms with Crippen LogP contribution in [0.4, 0.5) is 0 Å². The van der Waals surface area contributed by atoms with Gasteiger partial charge in [-0.05, 0) is 19.9 Å². The van der Waals surface area contributed by atoms with E-state index in [0.29, 0.717) is 28.1 Å². The number of pyridine rings is 1. The van der Waals surface area contributed by atoms with E-state index in [-0.39, 0.29) is 12.5 Å². The average molecular weight is 320 g/mol. The Hall–Kier alpha value is -3.20. The molecule has 0 saturated heterocycles. The van der Waals surface area contributed by atoms with E-state index in [1.54, 1.807) is 20.0 Å². The van der Waals surface area contributed by atoms with Gasteiger partial charge in [0.1, 0.15) is 6.54 Å². The van der Waals surface area contributed by atoms with Crippen LogP contribution in [0.25, 0.3) is 22.4 Å². The van der Waals surface area contributed by atoms with Gasteiger partial charge in [-0.3, -0.25) is 4.79 Å². The van der Waals surface area contributed by atoms with Crippen LogP contribution in [0.5, 0.6) is 0 Å². The van der Waals surface area contributed by atoms with Gasteiger partial charge in [0, 0.05) is 12.6 Å². The maximum Gasteiger partial charge on any atom is 0.259 e. The summed E-state index contributed by atoms with van der Waals surface area (Å²) in [5.41, 5.74) is 4.01. The molecule has 2 aromatic heterocycles. The molecule has 3 aromatic rings. The Labute approximate surface area is 139 Å². The van der Waals surface area contributed by atoms with Gasteiger partial charge >= 0.3 is 0 Å². The second-order valence-corrected chi connectivity index (χ2v) is 5.69. The highest BCUT2D eigenvalue weighted by Gasteiger charge is 2.21. The molecule has 0 atom stereocenters. The summed E-state index contributed by atoms with van der Waals surface area (Å²) < 4.78 is 5.27. The quantitative estimate of drug-likeness (QED) is 0.692. The van der Waals surface area contributed by atoms with E-state index in [0.717, 1.165) is 11.1 Å². The number of carbonyl (C=O) groups is 1. The molecule has 0 unspecified atom stereocenters. The predicted molar refractivity (Wildman–Crippen MR) is 89.3 cm³/mol. The van der Waals surface area contributed by atoms with Gasteiger partial charge in [-0.2, -0.15) is 5.26 Å². The molecule has 0 fully saturated rings. The maximum atomic E-state index is 12.7. The number of nitriles is 1. The van der Waals surface area contributed by atoms with Crippen LogP contribution < -0.4 is 0 Å². The molecule has 6 nitrogen and oxygen atoms in total. The minimum atomic E-state index is -0.261. The lowest BCUT2D eigenvalue weighted by Gasteiger charge is -2.14. The zero-order valence-electron chi connectivity index (χ0n) is 13.7. The highest BCUT2D eigenvalue weighted by Crippen LogP contribution is 2.27. The normalized spacial score (nSPS) is 10.6. The van der Waals surface area contributed by atoms with Crippen molar-refractivity contribution in [2.45, 2.75) is 13.8 Å². The summed E-state index contributed by atoms with van der Waals surface area (Å²) in [6.45, 7) is 3.78. The molecule has 0 aliphatic heterocycles. The highest BCUT2D eigenvalue weighted by molar-refractivity contribution is 6.06. The summed E-state index contributed by atoms with van der Waals surface area (Å²) in [6, 6.07) is 11.6. The van der Waals surface area contributed by atoms with Gasteiger partial charge in [0.15, 0.2) is 0 Å². The molecule has 0 aliphatic rings. The van der Waals surface area contributed by atoms with Gasteiger partial charge < -0.3 is 9.42 Å². The lowest BCUT2D eigenvalue weighted by Crippen LogP contribution is -2.27. The number of rotatable bonds is 3. The Kier molecular flexibility index (Phi) is 4.00. The molecule has 6 heteroatoms. The van der Waals surface area contributed by atoms with Gasteiger partial charge in [0.05, 0.1) is 28.4 Å². The van der Waals surface area contributed by atoms with Crippen molar-refractivity contribution in [2.24, 2.45) is 0 Å². The average Bonchev–Trinajstić information content (AvgIpc) is 2.95. The predicted octanol–water partition coefficient (Wildman–Crippen LogP) is 3.10. The topological polar surface area (TPSA) is 83.0 Å². The van der Waals surface area contributed by atoms with Crippen LogP contribution in [-0.4, -0.2) is 34.5 Å². The van der Waals surface area contributed by atoms with Crippen LogP contribution in [-0.2, 0) is 0 Å². The first-order chi connectivity index (χ1) is 11.5. The lowest BCUT2D eigenvalue weighted by atomic mass is 10.0. The Morgan fingerprint density at radius 1 is 1.29 bits per heavy atom. The zero-order valence-corrected chi connectivity index (χ0v) is 13.7. The van der Waals surface area contributed by atoms with E-state index in [9.17, 15) is 4.79 Å². The molecule has 1 aromatic carbocycles. The van der Waals surface area contributed by atoms with Crippen LogP contribution in [0.2, 0.25) is 0 Å². The Morgan fingerprint density at radius 3 is 2.67 bits per heavy atom. The first-order valence-corrected chi connectivity index (χ1v) is 7.47. The standard InChI is InChI=1S/C18H16N4O2/c1-11-4-6-13(7-5-11)15-10-14(18(23)22(3)9-8-19)16-12(2)21-24-17(16)20-15/h4-7,10H,9H2,1-3H3. The Morgan fingerprint density at radius 2 is 2.00 bits per heavy atom. The van der Waals surface area contributed by atoms with Gasteiger partial charge in [0.2, 0.25) is 0 Å². The van der Waals surface area contributed by atoms with E-state index >= 15 is 0 Å². The Bertz CT molecular complexity index is 952. The molecular weight excluding hydrogens is 304 g/mol. The van der Waals surface area contributed by atoms with Gasteiger partial charge in [0.25, 0.3) is 11.6 Å². The van der Waals surface area contributed by atoms with E-state index in [4.69, 9.17) is 9.78 Å². The summed E-state index contributed by atoms with van der Waals surface area (Å²) in [6.07, 6.45) is 0. The van der Waals surface area contributed by atoms with Gasteiger partial charge in [-0.25, -0.2) is 4.98 Å². The molecule has 0 spiro atoms. The van der Waals surface area contributed by atoms with Crippen molar-refractivity contribution in [1.82, 2.24) is 15.0 Å². The van der Waals surface area contributed by atoms with E-state index < -0.39 is 0 Å². The summed E-state index contributed by atoms with van der Waals surface area (Å²) in [5.74, 6) is -0.261. The van der Waals surface area contributed by atoms with Crippen molar-refractivity contribution in [1.29, 1.82) is 5.26 Å². The monoisotopic (exact) mass is 320 g/mol. The number of carbonyl (C=O) groups excluding carboxylic acids is 1. The fourth-order valence-electron chi connectivity index (χ4n) is 2.52. The number of nitrogens with zero attached hydrogens (tertiary/aromatic N) is 4. The van der Waals surface area contributed by atoms with Crippen molar-refractivity contribution in [3.63, 3.8) is 0 Å². The number of aromatic nitrogens is 2. The fourth-order valence-corrected chi connectivity index (χ4v) is 2.52. The smallest absolute Gasteiger partial charge is 0.259 e. The summed E-state index contributed by atoms with van der Waals surface area (Å²) in [4.78, 5) is 18.6. The van der Waals surface area contributed by atoms with Crippen LogP contribution in [0.1, 0.15) is 21.6 Å². The minimum Gasteiger partial charge on any atom is -0.335 e. The summed E-state index contributed by atoms with van der Waals surface area (Å²) in [5, 5.41) is 13.3. The minimum absolute atomic E-state index is 0.00679. The molecule has 0 bridgehead atoms. The number of hydrogen-bond donors (Lipinski definition) is 0. The van der Waals surface area contributed by atoms with Crippen molar-refractivity contribution < 1.29 is 9.32 Å². The van der Waals surface area contributed by atoms with Crippen LogP contribution in [0, 0.1) is 25.2 Å². The first kappa shape index (κ1) is 15.7. The first-order valence-electron chi connectivity index (χ1n) is 7.47.